The number of thioether (sulfide) groups is 1. The van der Waals surface area contributed by atoms with Gasteiger partial charge in [0.1, 0.15) is 18.7 Å². The zero-order valence-corrected chi connectivity index (χ0v) is 35.1. The fraction of sp³-hybridized carbons (Fsp3) is 0.814. The molecule has 0 aromatic carbocycles. The zero-order valence-electron chi connectivity index (χ0n) is 34.3. The number of carbonyl (C=O) groups excluding carboxylic acids is 3. The Labute approximate surface area is 324 Å². The highest BCUT2D eigenvalue weighted by Crippen LogP contribution is 2.16. The summed E-state index contributed by atoms with van der Waals surface area (Å²) in [5.74, 6) is 1.62. The highest BCUT2D eigenvalue weighted by Gasteiger charge is 2.14. The van der Waals surface area contributed by atoms with Crippen LogP contribution in [0.3, 0.4) is 0 Å². The molecule has 1 aromatic rings. The van der Waals surface area contributed by atoms with Gasteiger partial charge in [-0.25, -0.2) is 4.98 Å². The molecule has 0 atom stereocenters. The van der Waals surface area contributed by atoms with E-state index in [0.29, 0.717) is 32.1 Å². The van der Waals surface area contributed by atoms with Crippen molar-refractivity contribution in [2.45, 2.75) is 194 Å². The maximum absolute atomic E-state index is 12.8. The van der Waals surface area contributed by atoms with Crippen molar-refractivity contribution in [2.24, 2.45) is 0 Å². The van der Waals surface area contributed by atoms with Crippen molar-refractivity contribution in [3.8, 4) is 0 Å². The number of aromatic nitrogens is 2. The van der Waals surface area contributed by atoms with E-state index in [2.05, 4.69) is 36.4 Å². The van der Waals surface area contributed by atoms with E-state index < -0.39 is 0 Å². The third-order valence-corrected chi connectivity index (χ3v) is 10.3. The largest absolute Gasteiger partial charge is 0.461 e. The van der Waals surface area contributed by atoms with Crippen LogP contribution in [0.4, 0.5) is 4.79 Å². The van der Waals surface area contributed by atoms with Gasteiger partial charge < -0.3 is 23.7 Å². The molecular formula is C43H79N3O5S. The topological polar surface area (TPSA) is 90.7 Å². The Balaban J connectivity index is 0.00000145. The number of hydrogen-bond acceptors (Lipinski definition) is 7. The molecule has 1 amide bonds. The summed E-state index contributed by atoms with van der Waals surface area (Å²) >= 11 is 1.38. The summed E-state index contributed by atoms with van der Waals surface area (Å²) in [7, 11) is 1.87. The molecule has 302 valence electrons. The fourth-order valence-corrected chi connectivity index (χ4v) is 6.75. The molecular weight excluding hydrogens is 671 g/mol. The molecule has 0 aliphatic heterocycles. The van der Waals surface area contributed by atoms with Gasteiger partial charge in [0.25, 0.3) is 5.24 Å². The Kier molecular flexibility index (Phi) is 37.0. The van der Waals surface area contributed by atoms with E-state index in [0.717, 1.165) is 82.3 Å². The Morgan fingerprint density at radius 2 is 1.38 bits per heavy atom. The van der Waals surface area contributed by atoms with Gasteiger partial charge in [-0.15, -0.1) is 0 Å². The van der Waals surface area contributed by atoms with Crippen LogP contribution in [0.1, 0.15) is 181 Å². The molecule has 0 aliphatic rings. The Hall–Kier alpha value is -2.13. The molecule has 0 saturated carbocycles. The van der Waals surface area contributed by atoms with E-state index in [4.69, 9.17) is 9.47 Å². The number of allylic oxidation sites excluding steroid dienone is 1. The summed E-state index contributed by atoms with van der Waals surface area (Å²) in [5, 5.41) is 0.124. The number of imidazole rings is 1. The van der Waals surface area contributed by atoms with Crippen LogP contribution >= 0.6 is 11.8 Å². The van der Waals surface area contributed by atoms with Crippen molar-refractivity contribution in [3.05, 3.63) is 30.4 Å². The minimum Gasteiger partial charge on any atom is -0.461 e. The van der Waals surface area contributed by atoms with Crippen LogP contribution in [0.25, 0.3) is 0 Å². The highest BCUT2D eigenvalue weighted by molar-refractivity contribution is 8.13. The van der Waals surface area contributed by atoms with Gasteiger partial charge in [0.15, 0.2) is 0 Å². The second-order valence-electron chi connectivity index (χ2n) is 14.0. The third kappa shape index (κ3) is 31.4. The number of esters is 1. The van der Waals surface area contributed by atoms with Crippen molar-refractivity contribution in [2.75, 3.05) is 32.6 Å². The van der Waals surface area contributed by atoms with Crippen LogP contribution in [0.5, 0.6) is 0 Å². The van der Waals surface area contributed by atoms with Crippen molar-refractivity contribution in [1.82, 2.24) is 14.5 Å². The van der Waals surface area contributed by atoms with Gasteiger partial charge in [-0.1, -0.05) is 128 Å². The fourth-order valence-electron chi connectivity index (χ4n) is 5.94. The summed E-state index contributed by atoms with van der Waals surface area (Å²) in [6, 6.07) is 0. The molecule has 1 rings (SSSR count). The minimum atomic E-state index is -0.151. The normalized spacial score (nSPS) is 11.2. The lowest BCUT2D eigenvalue weighted by molar-refractivity contribution is -0.142. The molecule has 0 radical (unpaired) electrons. The van der Waals surface area contributed by atoms with Gasteiger partial charge in [0.2, 0.25) is 0 Å². The molecule has 8 nitrogen and oxygen atoms in total. The molecule has 0 bridgehead atoms. The van der Waals surface area contributed by atoms with Crippen molar-refractivity contribution < 1.29 is 23.9 Å². The zero-order chi connectivity index (χ0) is 38.3. The predicted molar refractivity (Wildman–Crippen MR) is 221 cm³/mol. The molecule has 52 heavy (non-hydrogen) atoms. The monoisotopic (exact) mass is 750 g/mol. The van der Waals surface area contributed by atoms with Gasteiger partial charge in [0, 0.05) is 57.7 Å². The van der Waals surface area contributed by atoms with Crippen molar-refractivity contribution in [1.29, 1.82) is 0 Å². The van der Waals surface area contributed by atoms with Crippen LogP contribution in [-0.2, 0) is 25.6 Å². The van der Waals surface area contributed by atoms with Gasteiger partial charge in [-0.2, -0.15) is 0 Å². The number of aryl methyl sites for hydroxylation is 2. The summed E-state index contributed by atoms with van der Waals surface area (Å²) in [4.78, 5) is 41.5. The number of carbonyl (C=O) groups is 3. The predicted octanol–water partition coefficient (Wildman–Crippen LogP) is 12.1. The van der Waals surface area contributed by atoms with Gasteiger partial charge >= 0.3 is 5.97 Å². The summed E-state index contributed by atoms with van der Waals surface area (Å²) in [5.41, 5.74) is 0. The van der Waals surface area contributed by atoms with E-state index in [1.807, 2.05) is 31.2 Å². The number of aldehydes is 1. The maximum atomic E-state index is 12.8. The molecule has 9 heteroatoms. The maximum Gasteiger partial charge on any atom is 0.306 e. The second-order valence-corrected chi connectivity index (χ2v) is 15.1. The first-order valence-electron chi connectivity index (χ1n) is 21.1. The Morgan fingerprint density at radius 3 is 1.96 bits per heavy atom. The minimum absolute atomic E-state index is 0.124. The smallest absolute Gasteiger partial charge is 0.306 e. The van der Waals surface area contributed by atoms with E-state index >= 15 is 0 Å². The number of unbranched alkanes of at least 4 members (excludes halogenated alkanes) is 15. The Bertz CT molecular complexity index is 974. The number of rotatable bonds is 34. The first-order valence-corrected chi connectivity index (χ1v) is 22.1. The van der Waals surface area contributed by atoms with Crippen LogP contribution in [0, 0.1) is 6.92 Å². The number of nitrogens with zero attached hydrogens (tertiary/aromatic N) is 3. The van der Waals surface area contributed by atoms with Crippen LogP contribution in [-0.4, -0.2) is 70.6 Å². The molecule has 0 N–H and O–H groups in total. The van der Waals surface area contributed by atoms with Crippen LogP contribution in [0.15, 0.2) is 24.5 Å². The highest BCUT2D eigenvalue weighted by atomic mass is 32.2. The summed E-state index contributed by atoms with van der Waals surface area (Å²) in [6.45, 7) is 11.4. The van der Waals surface area contributed by atoms with E-state index in [1.165, 1.54) is 102 Å². The SMILES string of the molecule is CCCCCC/C=C\COC(=O)CCCCCN(CCCCCC=O)C(=O)SCCCn1ccnc1C.CCCCCCC(CCCCCC)OC. The molecule has 0 unspecified atom stereocenters. The van der Waals surface area contributed by atoms with Crippen LogP contribution in [0.2, 0.25) is 0 Å². The van der Waals surface area contributed by atoms with Crippen molar-refractivity contribution >= 4 is 29.3 Å². The molecule has 0 fully saturated rings. The van der Waals surface area contributed by atoms with Gasteiger partial charge in [-0.05, 0) is 64.7 Å². The summed E-state index contributed by atoms with van der Waals surface area (Å²) in [6.07, 6.45) is 35.9. The average molecular weight is 750 g/mol. The number of amides is 1. The molecule has 0 spiro atoms. The van der Waals surface area contributed by atoms with Gasteiger partial charge in [0.05, 0.1) is 6.10 Å². The van der Waals surface area contributed by atoms with Crippen molar-refractivity contribution in [3.63, 3.8) is 0 Å². The van der Waals surface area contributed by atoms with E-state index in [1.54, 1.807) is 6.20 Å². The first kappa shape index (κ1) is 49.9. The van der Waals surface area contributed by atoms with Crippen LogP contribution < -0.4 is 0 Å². The Morgan fingerprint density at radius 1 is 0.788 bits per heavy atom. The molecule has 0 aliphatic carbocycles. The number of hydrogen-bond donors (Lipinski definition) is 0. The summed E-state index contributed by atoms with van der Waals surface area (Å²) < 4.78 is 12.9. The molecule has 0 saturated heterocycles. The molecule has 1 aromatic heterocycles. The number of methoxy groups -OCH3 is 1. The quantitative estimate of drug-likeness (QED) is 0.0300. The second kappa shape index (κ2) is 38.6. The lowest BCUT2D eigenvalue weighted by Gasteiger charge is -2.22. The lowest BCUT2D eigenvalue weighted by atomic mass is 10.0. The standard InChI is InChI=1S/C29H49N3O4S.C14H30O/c1-3-4-5-6-7-10-16-25-36-28(34)18-12-11-14-21-32(20-13-8-9-15-24-33)29(35)37-26-17-22-31-23-19-30-27(31)2;1-4-6-8-10-12-14(15-3)13-11-9-7-5-2/h10,16,19,23-24H,3-9,11-15,17-18,20-22,25-26H2,1-2H3;14H,4-13H2,1-3H3/b16-10-;. The lowest BCUT2D eigenvalue weighted by Crippen LogP contribution is -2.30. The third-order valence-electron chi connectivity index (χ3n) is 9.33. The number of ether oxygens (including phenoxy) is 2. The molecule has 1 heterocycles. The first-order chi connectivity index (χ1) is 25.4. The van der Waals surface area contributed by atoms with E-state index in [-0.39, 0.29) is 11.2 Å². The van der Waals surface area contributed by atoms with E-state index in [9.17, 15) is 14.4 Å². The average Bonchev–Trinajstić information content (AvgIpc) is 3.56. The van der Waals surface area contributed by atoms with Gasteiger partial charge in [-0.3, -0.25) is 9.59 Å².